The lowest BCUT2D eigenvalue weighted by Crippen LogP contribution is -2.38. The highest BCUT2D eigenvalue weighted by atomic mass is 19.3. The van der Waals surface area contributed by atoms with Crippen molar-refractivity contribution in [2.24, 2.45) is 5.92 Å². The summed E-state index contributed by atoms with van der Waals surface area (Å²) in [5, 5.41) is 9.27. The lowest BCUT2D eigenvalue weighted by Gasteiger charge is -2.29. The maximum absolute atomic E-state index is 13.4. The number of amides is 2. The number of carbonyl (C=O) groups excluding carboxylic acids is 2. The van der Waals surface area contributed by atoms with Gasteiger partial charge in [0.25, 0.3) is 0 Å². The second-order valence-electron chi connectivity index (χ2n) is 8.94. The molecule has 8 heteroatoms. The first-order valence-electron chi connectivity index (χ1n) is 12.4. The summed E-state index contributed by atoms with van der Waals surface area (Å²) in [6.07, 6.45) is 6.38. The minimum absolute atomic E-state index is 0.103. The van der Waals surface area contributed by atoms with E-state index in [-0.39, 0.29) is 55.9 Å². The average molecular weight is 494 g/mol. The highest BCUT2D eigenvalue weighted by molar-refractivity contribution is 5.79. The van der Waals surface area contributed by atoms with Crippen molar-refractivity contribution in [2.75, 3.05) is 26.3 Å². The van der Waals surface area contributed by atoms with Crippen molar-refractivity contribution >= 4 is 11.8 Å². The van der Waals surface area contributed by atoms with Crippen LogP contribution in [-0.2, 0) is 9.59 Å². The van der Waals surface area contributed by atoms with E-state index in [0.717, 1.165) is 17.6 Å². The highest BCUT2D eigenvalue weighted by Crippen LogP contribution is 2.36. The van der Waals surface area contributed by atoms with E-state index in [9.17, 15) is 22.8 Å². The number of hydrogen-bond donors (Lipinski definition) is 3. The number of allylic oxidation sites excluding steroid dienone is 3. The lowest BCUT2D eigenvalue weighted by atomic mass is 9.86. The Bertz CT molecular complexity index is 833. The topological polar surface area (TPSA) is 70.2 Å². The van der Waals surface area contributed by atoms with Gasteiger partial charge in [0, 0.05) is 25.3 Å². The monoisotopic (exact) mass is 493 g/mol. The molecule has 1 aliphatic carbocycles. The number of benzene rings is 1. The van der Waals surface area contributed by atoms with Gasteiger partial charge in [0.05, 0.1) is 12.5 Å². The fourth-order valence-electron chi connectivity index (χ4n) is 4.11. The molecule has 2 amide bonds. The van der Waals surface area contributed by atoms with Crippen LogP contribution in [-0.4, -0.2) is 44.0 Å². The Morgan fingerprint density at radius 1 is 1.11 bits per heavy atom. The van der Waals surface area contributed by atoms with Gasteiger partial charge in [-0.15, -0.1) is 0 Å². The average Bonchev–Trinajstić information content (AvgIpc) is 2.85. The van der Waals surface area contributed by atoms with Gasteiger partial charge in [0.2, 0.25) is 17.7 Å². The van der Waals surface area contributed by atoms with Gasteiger partial charge < -0.3 is 16.0 Å². The maximum atomic E-state index is 13.4. The zero-order chi connectivity index (χ0) is 25.5. The molecular formula is C27H38F3N3O2. The first-order chi connectivity index (χ1) is 16.8. The smallest absolute Gasteiger partial charge is 0.248 e. The molecule has 1 aromatic carbocycles. The summed E-state index contributed by atoms with van der Waals surface area (Å²) >= 11 is 0. The summed E-state index contributed by atoms with van der Waals surface area (Å²) in [5.74, 6) is -3.28. The van der Waals surface area contributed by atoms with Crippen molar-refractivity contribution in [3.8, 4) is 0 Å². The van der Waals surface area contributed by atoms with E-state index in [4.69, 9.17) is 0 Å². The molecule has 0 saturated heterocycles. The van der Waals surface area contributed by atoms with Gasteiger partial charge in [0.15, 0.2) is 0 Å². The molecule has 0 spiro atoms. The van der Waals surface area contributed by atoms with Gasteiger partial charge in [-0.3, -0.25) is 9.59 Å². The Kier molecular flexibility index (Phi) is 12.6. The molecule has 1 fully saturated rings. The molecule has 0 aliphatic heterocycles. The molecule has 3 N–H and O–H groups in total. The Morgan fingerprint density at radius 2 is 1.83 bits per heavy atom. The van der Waals surface area contributed by atoms with Gasteiger partial charge >= 0.3 is 0 Å². The second kappa shape index (κ2) is 15.4. The molecule has 35 heavy (non-hydrogen) atoms. The van der Waals surface area contributed by atoms with E-state index in [2.05, 4.69) is 16.0 Å². The summed E-state index contributed by atoms with van der Waals surface area (Å²) in [6, 6.07) is 9.45. The fraction of sp³-hybridized carbons (Fsp3) is 0.556. The Balaban J connectivity index is 1.71. The van der Waals surface area contributed by atoms with Crippen LogP contribution in [0.3, 0.4) is 0 Å². The second-order valence-corrected chi connectivity index (χ2v) is 8.94. The third-order valence-electron chi connectivity index (χ3n) is 6.23. The molecule has 0 radical (unpaired) electrons. The molecule has 5 nitrogen and oxygen atoms in total. The Labute approximate surface area is 206 Å². The molecule has 0 unspecified atom stereocenters. The van der Waals surface area contributed by atoms with Crippen molar-refractivity contribution in [3.05, 3.63) is 59.7 Å². The SMILES string of the molecule is C/C=C(\C=C/CF)CC(=O)NCCCNCC[C@H](NC(=O)C1CCC(F)(F)CC1)c1ccccc1. The van der Waals surface area contributed by atoms with Crippen LogP contribution in [0, 0.1) is 5.92 Å². The standard InChI is InChI=1S/C27H38F3N3O2/c1-2-21(8-6-16-28)20-25(34)32-18-7-17-31-19-13-24(22-9-4-3-5-10-22)33-26(35)23-11-14-27(29,30)15-12-23/h2-6,8-10,23-24,31H,7,11-20H2,1H3,(H,32,34)(H,33,35)/b8-6-,21-2+/t24-/m0/s1. The fourth-order valence-corrected chi connectivity index (χ4v) is 4.11. The largest absolute Gasteiger partial charge is 0.356 e. The zero-order valence-electron chi connectivity index (χ0n) is 20.5. The van der Waals surface area contributed by atoms with Crippen LogP contribution in [0.2, 0.25) is 0 Å². The molecule has 0 aromatic heterocycles. The van der Waals surface area contributed by atoms with Crippen LogP contribution in [0.15, 0.2) is 54.1 Å². The van der Waals surface area contributed by atoms with Crippen molar-refractivity contribution in [1.29, 1.82) is 0 Å². The van der Waals surface area contributed by atoms with E-state index >= 15 is 0 Å². The third kappa shape index (κ3) is 11.1. The van der Waals surface area contributed by atoms with E-state index in [1.807, 2.05) is 37.3 Å². The Hall–Kier alpha value is -2.61. The van der Waals surface area contributed by atoms with Gasteiger partial charge in [-0.2, -0.15) is 0 Å². The first-order valence-corrected chi connectivity index (χ1v) is 12.4. The third-order valence-corrected chi connectivity index (χ3v) is 6.23. The molecule has 1 saturated carbocycles. The predicted molar refractivity (Wildman–Crippen MR) is 133 cm³/mol. The molecule has 194 valence electrons. The highest BCUT2D eigenvalue weighted by Gasteiger charge is 2.37. The number of alkyl halides is 3. The molecule has 0 heterocycles. The molecular weight excluding hydrogens is 455 g/mol. The quantitative estimate of drug-likeness (QED) is 0.252. The molecule has 0 bridgehead atoms. The summed E-state index contributed by atoms with van der Waals surface area (Å²) in [4.78, 5) is 24.7. The van der Waals surface area contributed by atoms with Gasteiger partial charge in [0.1, 0.15) is 6.67 Å². The van der Waals surface area contributed by atoms with Crippen molar-refractivity contribution < 1.29 is 22.8 Å². The number of carbonyl (C=O) groups is 2. The summed E-state index contributed by atoms with van der Waals surface area (Å²) < 4.78 is 39.1. The minimum Gasteiger partial charge on any atom is -0.356 e. The molecule has 1 aliphatic rings. The summed E-state index contributed by atoms with van der Waals surface area (Å²) in [6.45, 7) is 3.15. The number of hydrogen-bond acceptors (Lipinski definition) is 3. The van der Waals surface area contributed by atoms with E-state index in [1.165, 1.54) is 6.08 Å². The lowest BCUT2D eigenvalue weighted by molar-refractivity contribution is -0.130. The number of nitrogens with one attached hydrogen (secondary N) is 3. The zero-order valence-corrected chi connectivity index (χ0v) is 20.5. The van der Waals surface area contributed by atoms with Gasteiger partial charge in [-0.1, -0.05) is 48.6 Å². The minimum atomic E-state index is -2.65. The molecule has 1 atom stereocenters. The van der Waals surface area contributed by atoms with Crippen LogP contribution < -0.4 is 16.0 Å². The predicted octanol–water partition coefficient (Wildman–Crippen LogP) is 5.02. The van der Waals surface area contributed by atoms with E-state index in [0.29, 0.717) is 26.1 Å². The Morgan fingerprint density at radius 3 is 2.49 bits per heavy atom. The van der Waals surface area contributed by atoms with Gasteiger partial charge in [-0.05, 0) is 56.8 Å². The van der Waals surface area contributed by atoms with Crippen LogP contribution in [0.1, 0.15) is 63.5 Å². The van der Waals surface area contributed by atoms with Crippen LogP contribution >= 0.6 is 0 Å². The van der Waals surface area contributed by atoms with Crippen molar-refractivity contribution in [1.82, 2.24) is 16.0 Å². The molecule has 2 rings (SSSR count). The van der Waals surface area contributed by atoms with Crippen molar-refractivity contribution in [3.63, 3.8) is 0 Å². The van der Waals surface area contributed by atoms with Crippen molar-refractivity contribution in [2.45, 2.75) is 63.8 Å². The summed E-state index contributed by atoms with van der Waals surface area (Å²) in [7, 11) is 0. The number of rotatable bonds is 14. The normalized spacial score (nSPS) is 17.3. The van der Waals surface area contributed by atoms with Crippen LogP contribution in [0.4, 0.5) is 13.2 Å². The summed E-state index contributed by atoms with van der Waals surface area (Å²) in [5.41, 5.74) is 1.76. The van der Waals surface area contributed by atoms with Crippen LogP contribution in [0.5, 0.6) is 0 Å². The van der Waals surface area contributed by atoms with E-state index < -0.39 is 12.6 Å². The molecule has 1 aromatic rings. The first kappa shape index (κ1) is 28.6. The van der Waals surface area contributed by atoms with Gasteiger partial charge in [-0.25, -0.2) is 13.2 Å². The van der Waals surface area contributed by atoms with Crippen LogP contribution in [0.25, 0.3) is 0 Å². The number of halogens is 3. The van der Waals surface area contributed by atoms with E-state index in [1.54, 1.807) is 12.2 Å². The maximum Gasteiger partial charge on any atom is 0.248 e.